The number of likely N-dealkylation sites (N-methyl/N-ethyl adjacent to an activating group) is 6. The Morgan fingerprint density at radius 2 is 0.876 bits per heavy atom. The topological polar surface area (TPSA) is 195 Å². The van der Waals surface area contributed by atoms with Gasteiger partial charge in [0, 0.05) is 99.0 Å². The van der Waals surface area contributed by atoms with E-state index in [-0.39, 0.29) is 68.4 Å². The lowest BCUT2D eigenvalue weighted by Gasteiger charge is -2.48. The summed E-state index contributed by atoms with van der Waals surface area (Å²) in [7, 11) is 8.70. The molecule has 4 aliphatic rings. The minimum absolute atomic E-state index is 0. The Kier molecular flexibility index (Phi) is 30.7. The molecule has 0 radical (unpaired) electrons. The van der Waals surface area contributed by atoms with Crippen LogP contribution in [0.3, 0.4) is 0 Å². The maximum atomic E-state index is 14.1. The van der Waals surface area contributed by atoms with Gasteiger partial charge in [-0.3, -0.25) is 38.4 Å². The van der Waals surface area contributed by atoms with Gasteiger partial charge in [-0.2, -0.15) is 53.3 Å². The van der Waals surface area contributed by atoms with Crippen LogP contribution in [0.1, 0.15) is 84.7 Å². The van der Waals surface area contributed by atoms with Crippen LogP contribution in [0.15, 0.2) is 146 Å². The van der Waals surface area contributed by atoms with Gasteiger partial charge in [0.2, 0.25) is 23.6 Å². The first kappa shape index (κ1) is 86.8. The van der Waals surface area contributed by atoms with Crippen LogP contribution in [0.25, 0.3) is 0 Å². The number of rotatable bonds is 19. The minimum atomic E-state index is -4.76. The lowest BCUT2D eigenvalue weighted by molar-refractivity contribution is -0.163. The van der Waals surface area contributed by atoms with E-state index in [2.05, 4.69) is 31.8 Å². The Balaban J connectivity index is 0.000000282. The molecule has 2 saturated heterocycles. The van der Waals surface area contributed by atoms with E-state index < -0.39 is 82.1 Å². The first-order valence-electron chi connectivity index (χ1n) is 33.1. The molecule has 3 N–H and O–H groups in total. The number of alkyl halides is 6. The molecule has 10 rings (SSSR count). The van der Waals surface area contributed by atoms with E-state index in [1.165, 1.54) is 67.6 Å². The van der Waals surface area contributed by atoms with E-state index in [0.29, 0.717) is 85.3 Å². The number of likely N-dealkylation sites (tertiary alicyclic amines) is 2. The highest BCUT2D eigenvalue weighted by atomic mass is 35.5. The van der Waals surface area contributed by atoms with Crippen molar-refractivity contribution in [3.8, 4) is 0 Å². The van der Waals surface area contributed by atoms with Crippen molar-refractivity contribution in [2.75, 3.05) is 104 Å². The number of para-hydroxylation sites is 2. The highest BCUT2D eigenvalue weighted by Gasteiger charge is 2.48. The Bertz CT molecular complexity index is 4070. The standard InChI is InChI=1S/C37H40Cl2F3N5O4.C28H33Cl2F3N4O2.C9H8ClNO2.2H2S/c1-44(32(49)23-37(40,41)42)24-36(26-13-14-29(38)30(39)22-26,46(3)34(51)33(50)45(2)27-10-5-4-6-11-27)17-20-47-18-15-35(16-19-47)28-12-8-7-9-25(28)21-31(48)43-35;1-34-27(20-7-8-22(29)23(30)16-20,18-36(2)25(39)17-28(31,32)33)11-14-37-12-9-26(10-13-37)21-6-4-3-5-19(21)15-24(38)35-26;1-11(9(13)8(10)12)7-5-3-2-4-6-7;;/h4-14,22H,15-21,23-24H2,1-3H3,(H,43,48);3-8,16,34H,9-15,17-18H2,1-2H3,(H,35,38);2-6H,1H3;2*1H2/t36-;27-;;;/m11.../s1. The maximum absolute atomic E-state index is 14.1. The van der Waals surface area contributed by atoms with E-state index in [4.69, 9.17) is 58.0 Å². The normalized spacial score (nSPS) is 16.3. The van der Waals surface area contributed by atoms with Gasteiger partial charge in [0.25, 0.3) is 0 Å². The van der Waals surface area contributed by atoms with Crippen molar-refractivity contribution in [2.45, 2.75) is 98.7 Å². The predicted octanol–water partition coefficient (Wildman–Crippen LogP) is 12.3. The number of carbonyl (C=O) groups is 8. The van der Waals surface area contributed by atoms with Gasteiger partial charge in [0.05, 0.1) is 55.1 Å². The van der Waals surface area contributed by atoms with E-state index in [0.717, 1.165) is 58.0 Å². The number of amides is 7. The molecule has 0 bridgehead atoms. The van der Waals surface area contributed by atoms with Crippen molar-refractivity contribution in [2.24, 2.45) is 0 Å². The number of hydrogen-bond acceptors (Lipinski definition) is 11. The van der Waals surface area contributed by atoms with Gasteiger partial charge in [-0.25, -0.2) is 0 Å². The average molecular weight is 1600 g/mol. The fraction of sp³-hybridized carbons (Fsp3) is 0.405. The summed E-state index contributed by atoms with van der Waals surface area (Å²) in [5.74, 6) is -4.78. The van der Waals surface area contributed by atoms with E-state index >= 15 is 0 Å². The number of nitrogens with one attached hydrogen (secondary N) is 3. The van der Waals surface area contributed by atoms with Gasteiger partial charge < -0.3 is 50.2 Å². The summed E-state index contributed by atoms with van der Waals surface area (Å²) in [5, 5.41) is 9.79. The van der Waals surface area contributed by atoms with Gasteiger partial charge in [0.15, 0.2) is 0 Å². The number of halogens is 11. The summed E-state index contributed by atoms with van der Waals surface area (Å²) >= 11 is 30.3. The van der Waals surface area contributed by atoms with Crippen molar-refractivity contribution in [1.82, 2.24) is 40.4 Å². The second-order valence-electron chi connectivity index (χ2n) is 26.4. The molecule has 6 aromatic carbocycles. The second-order valence-corrected chi connectivity index (χ2v) is 28.3. The monoisotopic (exact) mass is 1590 g/mol. The number of anilines is 2. The number of hydrogen-bond donors (Lipinski definition) is 3. The smallest absolute Gasteiger partial charge is 0.346 e. The molecule has 2 atom stereocenters. The lowest BCUT2D eigenvalue weighted by atomic mass is 9.75. The van der Waals surface area contributed by atoms with E-state index in [9.17, 15) is 64.7 Å². The van der Waals surface area contributed by atoms with Gasteiger partial charge in [-0.1, -0.05) is 143 Å². The molecule has 0 aromatic heterocycles. The summed E-state index contributed by atoms with van der Waals surface area (Å²) in [6.45, 7) is 3.16. The van der Waals surface area contributed by atoms with Crippen molar-refractivity contribution in [3.63, 3.8) is 0 Å². The number of piperidine rings is 2. The first-order valence-corrected chi connectivity index (χ1v) is 35.0. The molecule has 568 valence electrons. The summed E-state index contributed by atoms with van der Waals surface area (Å²) in [6, 6.07) is 43.0. The van der Waals surface area contributed by atoms with Crippen molar-refractivity contribution < 1.29 is 64.7 Å². The Hall–Kier alpha value is -7.11. The highest BCUT2D eigenvalue weighted by Crippen LogP contribution is 2.43. The number of benzene rings is 6. The molecule has 105 heavy (non-hydrogen) atoms. The van der Waals surface area contributed by atoms with Crippen molar-refractivity contribution in [1.29, 1.82) is 0 Å². The van der Waals surface area contributed by atoms with Crippen LogP contribution in [0.4, 0.5) is 37.7 Å². The summed E-state index contributed by atoms with van der Waals surface area (Å²) in [6.07, 6.45) is -8.55. The molecule has 0 aliphatic carbocycles. The third-order valence-corrected chi connectivity index (χ3v) is 21.4. The molecular weight excluding hydrogens is 1510 g/mol. The molecule has 2 fully saturated rings. The molecule has 4 aliphatic heterocycles. The number of nitrogens with zero attached hydrogens (tertiary/aromatic N) is 7. The van der Waals surface area contributed by atoms with Crippen LogP contribution in [-0.2, 0) is 73.4 Å². The molecule has 2 spiro atoms. The Morgan fingerprint density at radius 1 is 0.495 bits per heavy atom. The van der Waals surface area contributed by atoms with E-state index in [1.807, 2.05) is 48.5 Å². The lowest BCUT2D eigenvalue weighted by Crippen LogP contribution is -2.59. The SMILES string of the molecule is CN(C(=O)C(=O)Cl)c1ccccc1.CN(C[C@](CCN1CCC2(CC1)NC(=O)Cc1ccccc12)(c1ccc(Cl)c(Cl)c1)N(C)C(=O)C(=O)N(C)c1ccccc1)C(=O)CC(F)(F)F.CN[C@](CCN1CCC2(CC1)NC(=O)Cc1ccccc12)(CN(C)C(=O)CC(F)(F)F)c1ccc(Cl)c(Cl)c1.S.S. The van der Waals surface area contributed by atoms with Crippen molar-refractivity contribution >= 4 is 143 Å². The Labute approximate surface area is 646 Å². The third-order valence-electron chi connectivity index (χ3n) is 19.8. The Morgan fingerprint density at radius 3 is 1.29 bits per heavy atom. The summed E-state index contributed by atoms with van der Waals surface area (Å²) < 4.78 is 79.0. The quantitative estimate of drug-likeness (QED) is 0.0397. The average Bonchev–Trinajstić information content (AvgIpc) is 0.753. The molecule has 0 saturated carbocycles. The van der Waals surface area contributed by atoms with E-state index in [1.54, 1.807) is 85.9 Å². The number of fused-ring (bicyclic) bond motifs is 4. The van der Waals surface area contributed by atoms with Crippen molar-refractivity contribution in [3.05, 3.63) is 199 Å². The zero-order valence-electron chi connectivity index (χ0n) is 58.6. The molecule has 31 heteroatoms. The van der Waals surface area contributed by atoms with Crippen LogP contribution in [0.5, 0.6) is 0 Å². The molecule has 7 amide bonds. The summed E-state index contributed by atoms with van der Waals surface area (Å²) in [4.78, 5) is 110. The molecule has 0 unspecified atom stereocenters. The van der Waals surface area contributed by atoms with Crippen LogP contribution in [0, 0.1) is 0 Å². The zero-order chi connectivity index (χ0) is 75.4. The van der Waals surface area contributed by atoms with Crippen LogP contribution in [-0.4, -0.2) is 178 Å². The molecule has 4 heterocycles. The van der Waals surface area contributed by atoms with Crippen LogP contribution < -0.4 is 25.8 Å². The predicted molar refractivity (Wildman–Crippen MR) is 407 cm³/mol. The largest absolute Gasteiger partial charge is 0.397 e. The van der Waals surface area contributed by atoms with Gasteiger partial charge in [-0.15, -0.1) is 0 Å². The third kappa shape index (κ3) is 21.8. The fourth-order valence-electron chi connectivity index (χ4n) is 13.9. The van der Waals surface area contributed by atoms with Gasteiger partial charge >= 0.3 is 35.3 Å². The van der Waals surface area contributed by atoms with Crippen LogP contribution in [0.2, 0.25) is 20.1 Å². The zero-order valence-corrected chi connectivity index (χ0v) is 64.4. The van der Waals surface area contributed by atoms with Gasteiger partial charge in [-0.05, 0) is 139 Å². The van der Waals surface area contributed by atoms with Crippen LogP contribution >= 0.6 is 85.0 Å². The molecule has 18 nitrogen and oxygen atoms in total. The maximum Gasteiger partial charge on any atom is 0.397 e. The van der Waals surface area contributed by atoms with Gasteiger partial charge in [0.1, 0.15) is 12.8 Å². The fourth-order valence-corrected chi connectivity index (χ4v) is 14.7. The second kappa shape index (κ2) is 37.1. The minimum Gasteiger partial charge on any atom is -0.346 e. The first-order chi connectivity index (χ1) is 48.5. The number of carbonyl (C=O) groups excluding carboxylic acids is 8. The summed E-state index contributed by atoms with van der Waals surface area (Å²) in [5.41, 5.74) is 3.21. The highest BCUT2D eigenvalue weighted by molar-refractivity contribution is 7.59. The molecule has 6 aromatic rings. The molecular formula is C74H85Cl5F6N10O8S2.